The molecule has 0 saturated heterocycles. The molecule has 1 N–H and O–H groups in total. The van der Waals surface area contributed by atoms with E-state index in [9.17, 15) is 0 Å². The highest BCUT2D eigenvalue weighted by molar-refractivity contribution is 5.30. The minimum atomic E-state index is 0.226. The minimum absolute atomic E-state index is 0.226. The van der Waals surface area contributed by atoms with Gasteiger partial charge in [-0.2, -0.15) is 0 Å². The molecule has 1 unspecified atom stereocenters. The summed E-state index contributed by atoms with van der Waals surface area (Å²) >= 11 is 0. The molecule has 1 rings (SSSR count). The predicted molar refractivity (Wildman–Crippen MR) is 78.1 cm³/mol. The lowest BCUT2D eigenvalue weighted by Crippen LogP contribution is -2.21. The van der Waals surface area contributed by atoms with Crippen LogP contribution in [0.25, 0.3) is 0 Å². The second kappa shape index (κ2) is 7.42. The van der Waals surface area contributed by atoms with E-state index in [1.165, 1.54) is 12.0 Å². The molecule has 2 heteroatoms. The maximum absolute atomic E-state index is 5.72. The zero-order valence-electron chi connectivity index (χ0n) is 12.4. The molecule has 0 aliphatic rings. The molecule has 0 aliphatic carbocycles. The van der Waals surface area contributed by atoms with Gasteiger partial charge in [-0.1, -0.05) is 26.0 Å². The highest BCUT2D eigenvalue weighted by atomic mass is 16.5. The zero-order chi connectivity index (χ0) is 13.5. The molecule has 0 aliphatic heterocycles. The summed E-state index contributed by atoms with van der Waals surface area (Å²) < 4.78 is 5.72. The predicted octanol–water partition coefficient (Wildman–Crippen LogP) is 4.17. The molecular weight excluding hydrogens is 222 g/mol. The van der Waals surface area contributed by atoms with Crippen LogP contribution in [0.3, 0.4) is 0 Å². The van der Waals surface area contributed by atoms with Gasteiger partial charge in [-0.05, 0) is 57.4 Å². The molecule has 2 nitrogen and oxygen atoms in total. The quantitative estimate of drug-likeness (QED) is 0.783. The van der Waals surface area contributed by atoms with Gasteiger partial charge in [0.2, 0.25) is 0 Å². The van der Waals surface area contributed by atoms with Gasteiger partial charge in [0, 0.05) is 6.04 Å². The lowest BCUT2D eigenvalue weighted by Gasteiger charge is -2.17. The Hall–Kier alpha value is -1.02. The van der Waals surface area contributed by atoms with Crippen molar-refractivity contribution >= 4 is 0 Å². The maximum atomic E-state index is 5.72. The topological polar surface area (TPSA) is 21.3 Å². The monoisotopic (exact) mass is 249 g/mol. The standard InChI is InChI=1S/C16H27NO/c1-12(2)9-10-17-14(5)15-7-6-8-16(11-15)18-13(3)4/h6-8,11-14,17H,9-10H2,1-5H3. The molecule has 0 amide bonds. The Morgan fingerprint density at radius 1 is 1.11 bits per heavy atom. The van der Waals surface area contributed by atoms with E-state index in [-0.39, 0.29) is 6.10 Å². The molecule has 18 heavy (non-hydrogen) atoms. The van der Waals surface area contributed by atoms with Gasteiger partial charge in [-0.25, -0.2) is 0 Å². The third kappa shape index (κ3) is 5.54. The lowest BCUT2D eigenvalue weighted by molar-refractivity contribution is 0.242. The summed E-state index contributed by atoms with van der Waals surface area (Å²) in [6, 6.07) is 8.74. The maximum Gasteiger partial charge on any atom is 0.120 e. The third-order valence-electron chi connectivity index (χ3n) is 2.90. The Balaban J connectivity index is 2.54. The van der Waals surface area contributed by atoms with Crippen LogP contribution in [0.1, 0.15) is 52.6 Å². The first-order valence-corrected chi connectivity index (χ1v) is 6.99. The summed E-state index contributed by atoms with van der Waals surface area (Å²) in [5, 5.41) is 3.56. The fourth-order valence-electron chi connectivity index (χ4n) is 1.84. The van der Waals surface area contributed by atoms with Gasteiger partial charge in [0.05, 0.1) is 6.10 Å². The minimum Gasteiger partial charge on any atom is -0.491 e. The average Bonchev–Trinajstić information content (AvgIpc) is 2.27. The molecule has 1 atom stereocenters. The van der Waals surface area contributed by atoms with Gasteiger partial charge in [0.1, 0.15) is 5.75 Å². The highest BCUT2D eigenvalue weighted by Crippen LogP contribution is 2.20. The van der Waals surface area contributed by atoms with Crippen LogP contribution < -0.4 is 10.1 Å². The molecule has 0 fully saturated rings. The van der Waals surface area contributed by atoms with Gasteiger partial charge in [0.25, 0.3) is 0 Å². The van der Waals surface area contributed by atoms with Crippen LogP contribution >= 0.6 is 0 Å². The van der Waals surface area contributed by atoms with Crippen LogP contribution in [-0.2, 0) is 0 Å². The first-order chi connectivity index (χ1) is 8.49. The second-order valence-electron chi connectivity index (χ2n) is 5.60. The number of nitrogens with one attached hydrogen (secondary N) is 1. The third-order valence-corrected chi connectivity index (χ3v) is 2.90. The van der Waals surface area contributed by atoms with E-state index in [4.69, 9.17) is 4.74 Å². The Morgan fingerprint density at radius 3 is 2.44 bits per heavy atom. The van der Waals surface area contributed by atoms with Crippen LogP contribution in [-0.4, -0.2) is 12.6 Å². The van der Waals surface area contributed by atoms with E-state index in [1.807, 2.05) is 6.07 Å². The van der Waals surface area contributed by atoms with E-state index in [0.29, 0.717) is 6.04 Å². The molecule has 0 aromatic heterocycles. The number of rotatable bonds is 7. The average molecular weight is 249 g/mol. The number of ether oxygens (including phenoxy) is 1. The normalized spacial score (nSPS) is 13.1. The van der Waals surface area contributed by atoms with E-state index in [0.717, 1.165) is 18.2 Å². The van der Waals surface area contributed by atoms with Crippen LogP contribution in [0.2, 0.25) is 0 Å². The first-order valence-electron chi connectivity index (χ1n) is 6.99. The first kappa shape index (κ1) is 15.0. The molecule has 0 radical (unpaired) electrons. The van der Waals surface area contributed by atoms with Crippen molar-refractivity contribution in [2.24, 2.45) is 5.92 Å². The number of hydrogen-bond donors (Lipinski definition) is 1. The van der Waals surface area contributed by atoms with E-state index in [2.05, 4.69) is 58.1 Å². The molecular formula is C16H27NO. The smallest absolute Gasteiger partial charge is 0.120 e. The van der Waals surface area contributed by atoms with E-state index in [1.54, 1.807) is 0 Å². The Morgan fingerprint density at radius 2 is 1.83 bits per heavy atom. The van der Waals surface area contributed by atoms with Gasteiger partial charge in [0.15, 0.2) is 0 Å². The van der Waals surface area contributed by atoms with Crippen molar-refractivity contribution < 1.29 is 4.74 Å². The molecule has 1 aromatic carbocycles. The summed E-state index contributed by atoms with van der Waals surface area (Å²) in [4.78, 5) is 0. The highest BCUT2D eigenvalue weighted by Gasteiger charge is 2.06. The molecule has 1 aromatic rings. The van der Waals surface area contributed by atoms with Crippen molar-refractivity contribution in [3.05, 3.63) is 29.8 Å². The van der Waals surface area contributed by atoms with Gasteiger partial charge in [-0.15, -0.1) is 0 Å². The van der Waals surface area contributed by atoms with Crippen LogP contribution in [0, 0.1) is 5.92 Å². The van der Waals surface area contributed by atoms with Gasteiger partial charge < -0.3 is 10.1 Å². The molecule has 0 heterocycles. The van der Waals surface area contributed by atoms with Crippen molar-refractivity contribution in [1.29, 1.82) is 0 Å². The van der Waals surface area contributed by atoms with Crippen LogP contribution in [0.4, 0.5) is 0 Å². The molecule has 0 spiro atoms. The summed E-state index contributed by atoms with van der Waals surface area (Å²) in [5.74, 6) is 1.71. The fourth-order valence-corrected chi connectivity index (χ4v) is 1.84. The Labute approximate surface area is 112 Å². The van der Waals surface area contributed by atoms with E-state index >= 15 is 0 Å². The van der Waals surface area contributed by atoms with Crippen LogP contribution in [0.15, 0.2) is 24.3 Å². The zero-order valence-corrected chi connectivity index (χ0v) is 12.4. The Kier molecular flexibility index (Phi) is 6.20. The fraction of sp³-hybridized carbons (Fsp3) is 0.625. The summed E-state index contributed by atoms with van der Waals surface area (Å²) in [7, 11) is 0. The number of hydrogen-bond acceptors (Lipinski definition) is 2. The summed E-state index contributed by atoms with van der Waals surface area (Å²) in [6.07, 6.45) is 1.44. The Bertz CT molecular complexity index is 347. The summed E-state index contributed by atoms with van der Waals surface area (Å²) in [6.45, 7) is 11.9. The second-order valence-corrected chi connectivity index (χ2v) is 5.60. The van der Waals surface area contributed by atoms with Gasteiger partial charge >= 0.3 is 0 Å². The van der Waals surface area contributed by atoms with Crippen LogP contribution in [0.5, 0.6) is 5.75 Å². The van der Waals surface area contributed by atoms with Crippen molar-refractivity contribution in [1.82, 2.24) is 5.32 Å². The SMILES string of the molecule is CC(C)CCNC(C)c1cccc(OC(C)C)c1. The van der Waals surface area contributed by atoms with Crippen molar-refractivity contribution in [2.75, 3.05) is 6.54 Å². The van der Waals surface area contributed by atoms with Crippen molar-refractivity contribution in [2.45, 2.75) is 53.2 Å². The van der Waals surface area contributed by atoms with Crippen molar-refractivity contribution in [3.8, 4) is 5.75 Å². The molecule has 0 bridgehead atoms. The largest absolute Gasteiger partial charge is 0.491 e. The number of benzene rings is 1. The van der Waals surface area contributed by atoms with E-state index < -0.39 is 0 Å². The van der Waals surface area contributed by atoms with Crippen molar-refractivity contribution in [3.63, 3.8) is 0 Å². The van der Waals surface area contributed by atoms with Gasteiger partial charge in [-0.3, -0.25) is 0 Å². The summed E-state index contributed by atoms with van der Waals surface area (Å²) in [5.41, 5.74) is 1.29. The molecule has 102 valence electrons. The lowest BCUT2D eigenvalue weighted by atomic mass is 10.1. The molecule has 0 saturated carbocycles.